The molecule has 7 nitrogen and oxygen atoms in total. The lowest BCUT2D eigenvalue weighted by Crippen LogP contribution is -2.17. The number of carbonyl (C=O) groups excluding carboxylic acids is 2. The first kappa shape index (κ1) is 16.8. The number of nitrogens with zero attached hydrogens (tertiary/aromatic N) is 2. The molecule has 0 N–H and O–H groups in total. The average Bonchev–Trinajstić information content (AvgIpc) is 3.00. The number of aromatic nitrogens is 2. The molecule has 25 heavy (non-hydrogen) atoms. The molecule has 1 aromatic carbocycles. The summed E-state index contributed by atoms with van der Waals surface area (Å²) in [6, 6.07) is 7.52. The lowest BCUT2D eigenvalue weighted by molar-refractivity contribution is 0.0453. The topological polar surface area (TPSA) is 87.0 Å². The van der Waals surface area contributed by atoms with E-state index in [1.165, 1.54) is 41.0 Å². The number of thiazole rings is 1. The van der Waals surface area contributed by atoms with Crippen molar-refractivity contribution >= 4 is 28.2 Å². The number of esters is 2. The Morgan fingerprint density at radius 2 is 1.88 bits per heavy atom. The van der Waals surface area contributed by atoms with Gasteiger partial charge in [-0.1, -0.05) is 12.1 Å². The van der Waals surface area contributed by atoms with Crippen LogP contribution in [0.1, 0.15) is 32.1 Å². The maximum absolute atomic E-state index is 12.3. The molecule has 128 valence electrons. The Morgan fingerprint density at radius 3 is 2.56 bits per heavy atom. The van der Waals surface area contributed by atoms with Gasteiger partial charge in [0, 0.05) is 17.1 Å². The van der Waals surface area contributed by atoms with Crippen LogP contribution in [0, 0.1) is 6.92 Å². The van der Waals surface area contributed by atoms with E-state index in [0.29, 0.717) is 10.7 Å². The molecule has 0 radical (unpaired) electrons. The summed E-state index contributed by atoms with van der Waals surface area (Å²) in [4.78, 5) is 40.9. The molecule has 0 saturated heterocycles. The van der Waals surface area contributed by atoms with Gasteiger partial charge in [0.1, 0.15) is 6.61 Å². The number of carbonyl (C=O) groups is 2. The molecule has 0 unspecified atom stereocenters. The van der Waals surface area contributed by atoms with Crippen LogP contribution in [0.3, 0.4) is 0 Å². The minimum Gasteiger partial charge on any atom is -0.465 e. The fraction of sp³-hybridized carbons (Fsp3) is 0.176. The Labute approximate surface area is 146 Å². The molecule has 0 amide bonds. The van der Waals surface area contributed by atoms with Crippen molar-refractivity contribution in [3.63, 3.8) is 0 Å². The van der Waals surface area contributed by atoms with E-state index in [0.717, 1.165) is 5.69 Å². The summed E-state index contributed by atoms with van der Waals surface area (Å²) in [7, 11) is 1.24. The van der Waals surface area contributed by atoms with Gasteiger partial charge in [-0.05, 0) is 19.1 Å². The molecule has 3 rings (SSSR count). The zero-order valence-corrected chi connectivity index (χ0v) is 14.3. The molecular weight excluding hydrogens is 344 g/mol. The van der Waals surface area contributed by atoms with Gasteiger partial charge < -0.3 is 9.47 Å². The number of aryl methyl sites for hydroxylation is 1. The second-order valence-corrected chi connectivity index (χ2v) is 6.03. The highest BCUT2D eigenvalue weighted by Gasteiger charge is 2.18. The largest absolute Gasteiger partial charge is 0.465 e. The molecule has 2 aromatic heterocycles. The second-order valence-electron chi connectivity index (χ2n) is 5.19. The maximum atomic E-state index is 12.3. The van der Waals surface area contributed by atoms with Crippen LogP contribution < -0.4 is 5.56 Å². The Hall–Kier alpha value is -3.00. The summed E-state index contributed by atoms with van der Waals surface area (Å²) in [5.41, 5.74) is 1.13. The summed E-state index contributed by atoms with van der Waals surface area (Å²) in [6.07, 6.45) is 0. The van der Waals surface area contributed by atoms with Gasteiger partial charge >= 0.3 is 11.9 Å². The number of rotatable bonds is 4. The highest BCUT2D eigenvalue weighted by molar-refractivity contribution is 7.15. The van der Waals surface area contributed by atoms with Crippen LogP contribution in [-0.4, -0.2) is 28.4 Å². The molecule has 0 saturated carbocycles. The molecule has 0 bridgehead atoms. The van der Waals surface area contributed by atoms with Crippen molar-refractivity contribution in [2.45, 2.75) is 13.5 Å². The van der Waals surface area contributed by atoms with E-state index in [2.05, 4.69) is 9.72 Å². The molecule has 0 spiro atoms. The zero-order valence-electron chi connectivity index (χ0n) is 13.5. The fourth-order valence-corrected chi connectivity index (χ4v) is 3.23. The highest BCUT2D eigenvalue weighted by Crippen LogP contribution is 2.14. The maximum Gasteiger partial charge on any atom is 0.339 e. The summed E-state index contributed by atoms with van der Waals surface area (Å²) in [5.74, 6) is -1.32. The first-order valence-electron chi connectivity index (χ1n) is 7.32. The molecule has 0 aliphatic heterocycles. The first-order chi connectivity index (χ1) is 12.0. The third-order valence-electron chi connectivity index (χ3n) is 3.53. The van der Waals surface area contributed by atoms with Crippen LogP contribution in [0.15, 0.2) is 40.5 Å². The number of methoxy groups -OCH3 is 1. The van der Waals surface area contributed by atoms with Crippen molar-refractivity contribution in [1.82, 2.24) is 9.38 Å². The van der Waals surface area contributed by atoms with Crippen LogP contribution in [-0.2, 0) is 16.1 Å². The third kappa shape index (κ3) is 3.29. The normalized spacial score (nSPS) is 10.6. The Balaban J connectivity index is 1.82. The number of benzene rings is 1. The average molecular weight is 358 g/mol. The van der Waals surface area contributed by atoms with Crippen LogP contribution in [0.25, 0.3) is 4.96 Å². The van der Waals surface area contributed by atoms with Crippen LogP contribution >= 0.6 is 11.3 Å². The zero-order chi connectivity index (χ0) is 18.0. The van der Waals surface area contributed by atoms with Gasteiger partial charge in [0.15, 0.2) is 4.96 Å². The lowest BCUT2D eigenvalue weighted by atomic mass is 10.1. The van der Waals surface area contributed by atoms with Crippen molar-refractivity contribution in [2.75, 3.05) is 7.11 Å². The number of fused-ring (bicyclic) bond motifs is 1. The van der Waals surface area contributed by atoms with Crippen LogP contribution in [0.2, 0.25) is 0 Å². The van der Waals surface area contributed by atoms with Gasteiger partial charge in [0.2, 0.25) is 0 Å². The smallest absolute Gasteiger partial charge is 0.339 e. The fourth-order valence-electron chi connectivity index (χ4n) is 2.34. The third-order valence-corrected chi connectivity index (χ3v) is 4.48. The van der Waals surface area contributed by atoms with E-state index in [1.807, 2.05) is 12.3 Å². The minimum atomic E-state index is -0.689. The van der Waals surface area contributed by atoms with Crippen molar-refractivity contribution in [1.29, 1.82) is 0 Å². The van der Waals surface area contributed by atoms with E-state index in [4.69, 9.17) is 4.74 Å². The summed E-state index contributed by atoms with van der Waals surface area (Å²) in [5, 5.41) is 1.83. The molecule has 0 atom stereocenters. The Bertz CT molecular complexity index is 1020. The van der Waals surface area contributed by atoms with Crippen LogP contribution in [0.5, 0.6) is 0 Å². The van der Waals surface area contributed by atoms with Gasteiger partial charge in [-0.25, -0.2) is 14.6 Å². The number of hydrogen-bond donors (Lipinski definition) is 0. The molecule has 2 heterocycles. The van der Waals surface area contributed by atoms with Gasteiger partial charge in [0.05, 0.1) is 23.9 Å². The van der Waals surface area contributed by atoms with Gasteiger partial charge in [-0.15, -0.1) is 11.3 Å². The first-order valence-corrected chi connectivity index (χ1v) is 8.20. The molecule has 0 fully saturated rings. The molecular formula is C17H14N2O5S. The Kier molecular flexibility index (Phi) is 4.62. The molecule has 0 aliphatic carbocycles. The molecule has 8 heteroatoms. The standard InChI is InChI=1S/C17H14N2O5S/c1-10-9-25-17-18-11(7-14(20)19(10)17)8-24-16(22)13-6-4-3-5-12(13)15(21)23-2/h3-7,9H,8H2,1-2H3. The highest BCUT2D eigenvalue weighted by atomic mass is 32.1. The summed E-state index contributed by atoms with van der Waals surface area (Å²) < 4.78 is 11.4. The second kappa shape index (κ2) is 6.86. The Morgan fingerprint density at radius 1 is 1.20 bits per heavy atom. The monoisotopic (exact) mass is 358 g/mol. The van der Waals surface area contributed by atoms with Gasteiger partial charge in [-0.3, -0.25) is 9.20 Å². The summed E-state index contributed by atoms with van der Waals surface area (Å²) in [6.45, 7) is 1.65. The SMILES string of the molecule is COC(=O)c1ccccc1C(=O)OCc1cc(=O)n2c(C)csc2n1. The van der Waals surface area contributed by atoms with Crippen LogP contribution in [0.4, 0.5) is 0 Å². The predicted octanol–water partition coefficient (Wildman–Crippen LogP) is 2.21. The summed E-state index contributed by atoms with van der Waals surface area (Å²) >= 11 is 1.33. The van der Waals surface area contributed by atoms with E-state index in [-0.39, 0.29) is 23.3 Å². The lowest BCUT2D eigenvalue weighted by Gasteiger charge is -2.08. The number of hydrogen-bond acceptors (Lipinski definition) is 7. The van der Waals surface area contributed by atoms with Gasteiger partial charge in [-0.2, -0.15) is 0 Å². The molecule has 0 aliphatic rings. The van der Waals surface area contributed by atoms with Crippen molar-refractivity contribution < 1.29 is 19.1 Å². The molecule has 3 aromatic rings. The quantitative estimate of drug-likeness (QED) is 0.665. The van der Waals surface area contributed by atoms with E-state index in [1.54, 1.807) is 12.1 Å². The van der Waals surface area contributed by atoms with E-state index >= 15 is 0 Å². The minimum absolute atomic E-state index is 0.0964. The van der Waals surface area contributed by atoms with Crippen molar-refractivity contribution in [3.05, 3.63) is 68.6 Å². The van der Waals surface area contributed by atoms with E-state index in [9.17, 15) is 14.4 Å². The number of ether oxygens (including phenoxy) is 2. The van der Waals surface area contributed by atoms with Crippen molar-refractivity contribution in [3.8, 4) is 0 Å². The predicted molar refractivity (Wildman–Crippen MR) is 91.0 cm³/mol. The van der Waals surface area contributed by atoms with E-state index < -0.39 is 11.9 Å². The van der Waals surface area contributed by atoms with Gasteiger partial charge in [0.25, 0.3) is 5.56 Å². The van der Waals surface area contributed by atoms with Crippen molar-refractivity contribution in [2.24, 2.45) is 0 Å².